The Bertz CT molecular complexity index is 605. The van der Waals surface area contributed by atoms with E-state index in [1.807, 2.05) is 5.43 Å². The van der Waals surface area contributed by atoms with E-state index in [2.05, 4.69) is 9.97 Å². The van der Waals surface area contributed by atoms with E-state index in [1.165, 1.54) is 29.4 Å². The third-order valence-corrected chi connectivity index (χ3v) is 2.34. The van der Waals surface area contributed by atoms with Crippen LogP contribution in [-0.2, 0) is 6.54 Å². The van der Waals surface area contributed by atoms with Gasteiger partial charge in [-0.05, 0) is 12.1 Å². The molecule has 2 aromatic rings. The lowest BCUT2D eigenvalue weighted by Gasteiger charge is -2.04. The average molecular weight is 245 g/mol. The summed E-state index contributed by atoms with van der Waals surface area (Å²) < 4.78 is 1.42. The molecule has 0 saturated heterocycles. The number of hydrogen-bond acceptors (Lipinski definition) is 5. The van der Waals surface area contributed by atoms with Gasteiger partial charge in [-0.25, -0.2) is 10.8 Å². The predicted octanol–water partition coefficient (Wildman–Crippen LogP) is -0.710. The zero-order valence-corrected chi connectivity index (χ0v) is 9.41. The molecule has 92 valence electrons. The molecular formula is C11H11N5O2. The van der Waals surface area contributed by atoms with E-state index in [4.69, 9.17) is 5.84 Å². The lowest BCUT2D eigenvalue weighted by atomic mass is 10.2. The molecular weight excluding hydrogens is 234 g/mol. The molecule has 18 heavy (non-hydrogen) atoms. The number of aromatic nitrogens is 3. The first-order valence-corrected chi connectivity index (χ1v) is 5.17. The minimum absolute atomic E-state index is 0.157. The Hall–Kier alpha value is -2.54. The van der Waals surface area contributed by atoms with Gasteiger partial charge in [0.15, 0.2) is 0 Å². The summed E-state index contributed by atoms with van der Waals surface area (Å²) in [6.07, 6.45) is 4.27. The van der Waals surface area contributed by atoms with E-state index >= 15 is 0 Å². The molecule has 0 unspecified atom stereocenters. The molecule has 0 aliphatic heterocycles. The highest BCUT2D eigenvalue weighted by atomic mass is 16.2. The molecule has 0 atom stereocenters. The van der Waals surface area contributed by atoms with Gasteiger partial charge in [-0.3, -0.25) is 24.6 Å². The second kappa shape index (κ2) is 5.19. The maximum absolute atomic E-state index is 11.5. The second-order valence-corrected chi connectivity index (χ2v) is 3.56. The monoisotopic (exact) mass is 245 g/mol. The van der Waals surface area contributed by atoms with Crippen LogP contribution in [0, 0.1) is 0 Å². The number of carbonyl (C=O) groups is 1. The minimum atomic E-state index is -0.410. The molecule has 0 aromatic carbocycles. The van der Waals surface area contributed by atoms with Crippen molar-refractivity contribution in [2.75, 3.05) is 0 Å². The average Bonchev–Trinajstić information content (AvgIpc) is 2.41. The van der Waals surface area contributed by atoms with Crippen LogP contribution in [0.3, 0.4) is 0 Å². The number of carbonyl (C=O) groups excluding carboxylic acids is 1. The van der Waals surface area contributed by atoms with Gasteiger partial charge in [0.05, 0.1) is 24.1 Å². The predicted molar refractivity (Wildman–Crippen MR) is 63.5 cm³/mol. The van der Waals surface area contributed by atoms with E-state index in [0.29, 0.717) is 17.8 Å². The smallest absolute Gasteiger partial charge is 0.266 e. The topological polar surface area (TPSA) is 103 Å². The van der Waals surface area contributed by atoms with Gasteiger partial charge >= 0.3 is 0 Å². The molecule has 3 N–H and O–H groups in total. The number of rotatable bonds is 3. The largest absolute Gasteiger partial charge is 0.293 e. The van der Waals surface area contributed by atoms with Crippen LogP contribution in [0.15, 0.2) is 41.7 Å². The number of pyridine rings is 1. The SMILES string of the molecule is NNC(=O)c1ccc(Cn2cnccc2=O)nc1. The molecule has 2 rings (SSSR count). The Labute approximate surface area is 102 Å². The Morgan fingerprint density at radius 1 is 1.39 bits per heavy atom. The standard InChI is InChI=1S/C11H11N5O2/c12-15-11(18)8-1-2-9(14-5-8)6-16-7-13-4-3-10(16)17/h1-5,7H,6,12H2,(H,15,18). The molecule has 0 aliphatic rings. The number of hydrogen-bond donors (Lipinski definition) is 2. The Kier molecular flexibility index (Phi) is 3.44. The molecule has 0 spiro atoms. The van der Waals surface area contributed by atoms with Crippen LogP contribution >= 0.6 is 0 Å². The number of nitrogens with two attached hydrogens (primary N) is 1. The normalized spacial score (nSPS) is 10.1. The fourth-order valence-corrected chi connectivity index (χ4v) is 1.41. The number of hydrazine groups is 1. The van der Waals surface area contributed by atoms with E-state index in [1.54, 1.807) is 12.1 Å². The molecule has 1 amide bonds. The van der Waals surface area contributed by atoms with Crippen LogP contribution in [0.4, 0.5) is 0 Å². The summed E-state index contributed by atoms with van der Waals surface area (Å²) in [5.74, 6) is 4.59. The highest BCUT2D eigenvalue weighted by Gasteiger charge is 2.04. The maximum Gasteiger partial charge on any atom is 0.266 e. The fourth-order valence-electron chi connectivity index (χ4n) is 1.41. The lowest BCUT2D eigenvalue weighted by molar-refractivity contribution is 0.0953. The first kappa shape index (κ1) is 11.9. The van der Waals surface area contributed by atoms with Crippen molar-refractivity contribution in [1.82, 2.24) is 20.0 Å². The van der Waals surface area contributed by atoms with Crippen molar-refractivity contribution in [2.24, 2.45) is 5.84 Å². The van der Waals surface area contributed by atoms with Crippen molar-refractivity contribution in [3.63, 3.8) is 0 Å². The molecule has 2 aromatic heterocycles. The quantitative estimate of drug-likeness (QED) is 0.422. The zero-order chi connectivity index (χ0) is 13.0. The van der Waals surface area contributed by atoms with Crippen molar-refractivity contribution in [2.45, 2.75) is 6.54 Å². The summed E-state index contributed by atoms with van der Waals surface area (Å²) in [6, 6.07) is 4.62. The second-order valence-electron chi connectivity index (χ2n) is 3.56. The summed E-state index contributed by atoms with van der Waals surface area (Å²) in [5.41, 5.74) is 2.87. The molecule has 7 nitrogen and oxygen atoms in total. The fraction of sp³-hybridized carbons (Fsp3) is 0.0909. The Morgan fingerprint density at radius 3 is 2.83 bits per heavy atom. The number of nitrogens with zero attached hydrogens (tertiary/aromatic N) is 3. The van der Waals surface area contributed by atoms with Gasteiger partial charge in [-0.15, -0.1) is 0 Å². The van der Waals surface area contributed by atoms with E-state index in [9.17, 15) is 9.59 Å². The first-order valence-electron chi connectivity index (χ1n) is 5.17. The molecule has 0 bridgehead atoms. The number of amides is 1. The van der Waals surface area contributed by atoms with E-state index in [0.717, 1.165) is 0 Å². The molecule has 7 heteroatoms. The van der Waals surface area contributed by atoms with Crippen LogP contribution in [0.1, 0.15) is 16.1 Å². The van der Waals surface area contributed by atoms with Crippen molar-refractivity contribution < 1.29 is 4.79 Å². The summed E-state index contributed by atoms with van der Waals surface area (Å²) in [6.45, 7) is 0.303. The third kappa shape index (κ3) is 2.58. The van der Waals surface area contributed by atoms with Crippen LogP contribution < -0.4 is 16.8 Å². The van der Waals surface area contributed by atoms with Crippen LogP contribution in [-0.4, -0.2) is 20.4 Å². The van der Waals surface area contributed by atoms with Crippen molar-refractivity contribution in [3.05, 3.63) is 58.5 Å². The van der Waals surface area contributed by atoms with E-state index < -0.39 is 5.91 Å². The van der Waals surface area contributed by atoms with Gasteiger partial charge in [-0.2, -0.15) is 0 Å². The van der Waals surface area contributed by atoms with Gasteiger partial charge in [-0.1, -0.05) is 0 Å². The molecule has 0 fully saturated rings. The molecule has 0 saturated carbocycles. The summed E-state index contributed by atoms with van der Waals surface area (Å²) in [5, 5.41) is 0. The zero-order valence-electron chi connectivity index (χ0n) is 9.41. The van der Waals surface area contributed by atoms with Gasteiger partial charge in [0.1, 0.15) is 0 Å². The Balaban J connectivity index is 2.19. The maximum atomic E-state index is 11.5. The highest BCUT2D eigenvalue weighted by Crippen LogP contribution is 2.01. The van der Waals surface area contributed by atoms with Crippen molar-refractivity contribution >= 4 is 5.91 Å². The lowest BCUT2D eigenvalue weighted by Crippen LogP contribution is -2.30. The van der Waals surface area contributed by atoms with Crippen molar-refractivity contribution in [1.29, 1.82) is 0 Å². The van der Waals surface area contributed by atoms with E-state index in [-0.39, 0.29) is 5.56 Å². The van der Waals surface area contributed by atoms with Crippen LogP contribution in [0.5, 0.6) is 0 Å². The Morgan fingerprint density at radius 2 is 2.22 bits per heavy atom. The van der Waals surface area contributed by atoms with Gasteiger partial charge in [0.2, 0.25) is 0 Å². The first-order chi connectivity index (χ1) is 8.70. The summed E-state index contributed by atoms with van der Waals surface area (Å²) in [4.78, 5) is 30.6. The molecule has 0 aliphatic carbocycles. The number of nitrogens with one attached hydrogen (secondary N) is 1. The minimum Gasteiger partial charge on any atom is -0.293 e. The molecule has 2 heterocycles. The molecule has 0 radical (unpaired) electrons. The highest BCUT2D eigenvalue weighted by molar-refractivity contribution is 5.93. The number of nitrogen functional groups attached to an aromatic ring is 1. The van der Waals surface area contributed by atoms with Gasteiger partial charge in [0, 0.05) is 18.5 Å². The van der Waals surface area contributed by atoms with Crippen LogP contribution in [0.2, 0.25) is 0 Å². The van der Waals surface area contributed by atoms with Gasteiger partial charge in [0.25, 0.3) is 11.5 Å². The van der Waals surface area contributed by atoms with Crippen LogP contribution in [0.25, 0.3) is 0 Å². The van der Waals surface area contributed by atoms with Gasteiger partial charge < -0.3 is 0 Å². The third-order valence-electron chi connectivity index (χ3n) is 2.34. The van der Waals surface area contributed by atoms with Crippen molar-refractivity contribution in [3.8, 4) is 0 Å². The summed E-state index contributed by atoms with van der Waals surface area (Å²) in [7, 11) is 0. The summed E-state index contributed by atoms with van der Waals surface area (Å²) >= 11 is 0.